The number of hydrogen-bond acceptors (Lipinski definition) is 5. The summed E-state index contributed by atoms with van der Waals surface area (Å²) in [6.45, 7) is 2.47. The zero-order valence-electron chi connectivity index (χ0n) is 14.7. The Labute approximate surface area is 166 Å². The van der Waals surface area contributed by atoms with Gasteiger partial charge in [0.15, 0.2) is 6.10 Å². The molecule has 0 spiro atoms. The molecular formula is C19H19ClN2O4S. The van der Waals surface area contributed by atoms with E-state index < -0.39 is 12.1 Å². The minimum absolute atomic E-state index is 0.0243. The molecule has 1 N–H and O–H groups in total. The van der Waals surface area contributed by atoms with Crippen molar-refractivity contribution in [3.05, 3.63) is 51.2 Å². The van der Waals surface area contributed by atoms with Crippen LogP contribution in [0.2, 0.25) is 5.02 Å². The van der Waals surface area contributed by atoms with Gasteiger partial charge in [-0.2, -0.15) is 0 Å². The predicted molar refractivity (Wildman–Crippen MR) is 104 cm³/mol. The van der Waals surface area contributed by atoms with E-state index in [0.717, 1.165) is 11.3 Å². The van der Waals surface area contributed by atoms with Crippen molar-refractivity contribution in [2.45, 2.75) is 32.4 Å². The standard InChI is InChI=1S/C19H19ClN2O4S/c1-12(18(24)21-11-14-4-3-9-27-14)26-19(25)13-6-7-15(20)16(10-13)22-8-2-5-17(22)23/h3-4,6-7,9-10,12H,2,5,8,11H2,1H3,(H,21,24)/t12-/m0/s1. The van der Waals surface area contributed by atoms with E-state index in [1.54, 1.807) is 11.0 Å². The van der Waals surface area contributed by atoms with Crippen LogP contribution in [0.4, 0.5) is 5.69 Å². The second kappa shape index (κ2) is 8.54. The number of nitrogens with one attached hydrogen (secondary N) is 1. The van der Waals surface area contributed by atoms with Gasteiger partial charge in [-0.1, -0.05) is 17.7 Å². The van der Waals surface area contributed by atoms with Crippen LogP contribution in [0.1, 0.15) is 35.0 Å². The molecule has 6 nitrogen and oxygen atoms in total. The number of carbonyl (C=O) groups is 3. The molecule has 3 rings (SSSR count). The number of benzene rings is 1. The summed E-state index contributed by atoms with van der Waals surface area (Å²) in [6, 6.07) is 8.42. The van der Waals surface area contributed by atoms with Crippen molar-refractivity contribution in [1.29, 1.82) is 0 Å². The molecule has 27 heavy (non-hydrogen) atoms. The molecule has 1 aromatic carbocycles. The van der Waals surface area contributed by atoms with E-state index in [9.17, 15) is 14.4 Å². The average molecular weight is 407 g/mol. The zero-order valence-corrected chi connectivity index (χ0v) is 16.3. The molecule has 142 valence electrons. The van der Waals surface area contributed by atoms with E-state index in [1.165, 1.54) is 30.4 Å². The molecule has 1 aromatic heterocycles. The summed E-state index contributed by atoms with van der Waals surface area (Å²) in [4.78, 5) is 39.0. The summed E-state index contributed by atoms with van der Waals surface area (Å²) in [7, 11) is 0. The highest BCUT2D eigenvalue weighted by molar-refractivity contribution is 7.09. The van der Waals surface area contributed by atoms with Crippen LogP contribution in [0.15, 0.2) is 35.7 Å². The fourth-order valence-corrected chi connectivity index (χ4v) is 3.63. The number of anilines is 1. The Bertz CT molecular complexity index is 853. The second-order valence-corrected chi connectivity index (χ2v) is 7.60. The number of amides is 2. The topological polar surface area (TPSA) is 75.7 Å². The maximum Gasteiger partial charge on any atom is 0.338 e. The first kappa shape index (κ1) is 19.4. The van der Waals surface area contributed by atoms with Gasteiger partial charge in [0.25, 0.3) is 5.91 Å². The third-order valence-corrected chi connectivity index (χ3v) is 5.41. The quantitative estimate of drug-likeness (QED) is 0.746. The maximum atomic E-state index is 12.4. The van der Waals surface area contributed by atoms with Crippen molar-refractivity contribution < 1.29 is 19.1 Å². The molecule has 2 aromatic rings. The van der Waals surface area contributed by atoms with Gasteiger partial charge in [0.2, 0.25) is 5.91 Å². The van der Waals surface area contributed by atoms with Crippen LogP contribution in [0.5, 0.6) is 0 Å². The molecule has 0 aliphatic carbocycles. The SMILES string of the molecule is C[C@H](OC(=O)c1ccc(Cl)c(N2CCCC2=O)c1)C(=O)NCc1cccs1. The minimum Gasteiger partial charge on any atom is -0.449 e. The number of esters is 1. The summed E-state index contributed by atoms with van der Waals surface area (Å²) < 4.78 is 5.26. The van der Waals surface area contributed by atoms with Crippen molar-refractivity contribution in [1.82, 2.24) is 5.32 Å². The summed E-state index contributed by atoms with van der Waals surface area (Å²) in [5.41, 5.74) is 0.732. The van der Waals surface area contributed by atoms with Gasteiger partial charge in [-0.15, -0.1) is 11.3 Å². The van der Waals surface area contributed by atoms with Gasteiger partial charge < -0.3 is 15.0 Å². The van der Waals surface area contributed by atoms with Crippen LogP contribution in [-0.4, -0.2) is 30.4 Å². The number of ether oxygens (including phenoxy) is 1. The van der Waals surface area contributed by atoms with E-state index in [4.69, 9.17) is 16.3 Å². The zero-order chi connectivity index (χ0) is 19.4. The molecule has 1 saturated heterocycles. The lowest BCUT2D eigenvalue weighted by atomic mass is 10.2. The van der Waals surface area contributed by atoms with Crippen LogP contribution >= 0.6 is 22.9 Å². The highest BCUT2D eigenvalue weighted by atomic mass is 35.5. The van der Waals surface area contributed by atoms with Gasteiger partial charge in [-0.05, 0) is 43.0 Å². The molecule has 0 radical (unpaired) electrons. The van der Waals surface area contributed by atoms with Gasteiger partial charge in [0.1, 0.15) is 0 Å². The minimum atomic E-state index is -0.940. The first-order valence-corrected chi connectivity index (χ1v) is 9.82. The number of rotatable bonds is 6. The Hall–Kier alpha value is -2.38. The van der Waals surface area contributed by atoms with Crippen molar-refractivity contribution in [3.63, 3.8) is 0 Å². The van der Waals surface area contributed by atoms with Crippen molar-refractivity contribution in [3.8, 4) is 0 Å². The Kier molecular flexibility index (Phi) is 6.13. The lowest BCUT2D eigenvalue weighted by molar-refractivity contribution is -0.129. The van der Waals surface area contributed by atoms with E-state index >= 15 is 0 Å². The van der Waals surface area contributed by atoms with Crippen LogP contribution in [0.3, 0.4) is 0 Å². The molecule has 1 aliphatic heterocycles. The second-order valence-electron chi connectivity index (χ2n) is 6.16. The third-order valence-electron chi connectivity index (χ3n) is 4.22. The lowest BCUT2D eigenvalue weighted by Gasteiger charge is -2.18. The monoisotopic (exact) mass is 406 g/mol. The normalized spacial score (nSPS) is 14.9. The van der Waals surface area contributed by atoms with Crippen molar-refractivity contribution >= 4 is 46.4 Å². The highest BCUT2D eigenvalue weighted by Crippen LogP contribution is 2.30. The Morgan fingerprint density at radius 1 is 1.37 bits per heavy atom. The molecule has 0 saturated carbocycles. The fourth-order valence-electron chi connectivity index (χ4n) is 2.76. The van der Waals surface area contributed by atoms with E-state index in [-0.39, 0.29) is 17.4 Å². The van der Waals surface area contributed by atoms with Crippen molar-refractivity contribution in [2.24, 2.45) is 0 Å². The van der Waals surface area contributed by atoms with E-state index in [1.807, 2.05) is 17.5 Å². The molecule has 2 heterocycles. The van der Waals surface area contributed by atoms with Gasteiger partial charge in [-0.25, -0.2) is 4.79 Å². The molecule has 1 atom stereocenters. The predicted octanol–water partition coefficient (Wildman–Crippen LogP) is 3.39. The van der Waals surface area contributed by atoms with Crippen LogP contribution in [0, 0.1) is 0 Å². The Morgan fingerprint density at radius 2 is 2.19 bits per heavy atom. The number of nitrogens with zero attached hydrogens (tertiary/aromatic N) is 1. The number of hydrogen-bond donors (Lipinski definition) is 1. The maximum absolute atomic E-state index is 12.4. The summed E-state index contributed by atoms with van der Waals surface area (Å²) in [6.07, 6.45) is 0.280. The number of thiophene rings is 1. The fraction of sp³-hybridized carbons (Fsp3) is 0.316. The first-order valence-electron chi connectivity index (χ1n) is 8.56. The molecule has 0 unspecified atom stereocenters. The molecule has 0 bridgehead atoms. The Morgan fingerprint density at radius 3 is 2.85 bits per heavy atom. The summed E-state index contributed by atoms with van der Waals surface area (Å²) in [5, 5.41) is 5.05. The first-order chi connectivity index (χ1) is 13.0. The van der Waals surface area contributed by atoms with Crippen LogP contribution in [0.25, 0.3) is 0 Å². The van der Waals surface area contributed by atoms with E-state index in [2.05, 4.69) is 5.32 Å². The van der Waals surface area contributed by atoms with Gasteiger partial charge in [-0.3, -0.25) is 9.59 Å². The molecule has 2 amide bonds. The van der Waals surface area contributed by atoms with Gasteiger partial charge in [0, 0.05) is 17.8 Å². The smallest absolute Gasteiger partial charge is 0.338 e. The Balaban J connectivity index is 1.63. The molecule has 8 heteroatoms. The summed E-state index contributed by atoms with van der Waals surface area (Å²) in [5.74, 6) is -1.04. The summed E-state index contributed by atoms with van der Waals surface area (Å²) >= 11 is 7.72. The number of carbonyl (C=O) groups excluding carboxylic acids is 3. The van der Waals surface area contributed by atoms with Gasteiger partial charge >= 0.3 is 5.97 Å². The molecule has 1 fully saturated rings. The third kappa shape index (κ3) is 4.67. The largest absolute Gasteiger partial charge is 0.449 e. The van der Waals surface area contributed by atoms with Crippen LogP contribution < -0.4 is 10.2 Å². The van der Waals surface area contributed by atoms with Crippen molar-refractivity contribution in [2.75, 3.05) is 11.4 Å². The highest BCUT2D eigenvalue weighted by Gasteiger charge is 2.25. The number of halogens is 1. The lowest BCUT2D eigenvalue weighted by Crippen LogP contribution is -2.35. The van der Waals surface area contributed by atoms with E-state index in [0.29, 0.717) is 30.2 Å². The van der Waals surface area contributed by atoms with Crippen LogP contribution in [-0.2, 0) is 20.9 Å². The molecule has 1 aliphatic rings. The average Bonchev–Trinajstić information content (AvgIpc) is 3.31. The molecular weight excluding hydrogens is 388 g/mol. The van der Waals surface area contributed by atoms with Gasteiger partial charge in [0.05, 0.1) is 22.8 Å².